The van der Waals surface area contributed by atoms with Gasteiger partial charge in [0.25, 0.3) is 0 Å². The quantitative estimate of drug-likeness (QED) is 0.840. The van der Waals surface area contributed by atoms with Crippen molar-refractivity contribution in [1.82, 2.24) is 0 Å². The minimum atomic E-state index is -1.18. The van der Waals surface area contributed by atoms with E-state index in [-0.39, 0.29) is 6.61 Å². The van der Waals surface area contributed by atoms with Crippen molar-refractivity contribution in [2.75, 3.05) is 6.61 Å². The molecule has 0 spiro atoms. The molecule has 1 aromatic carbocycles. The molecule has 0 radical (unpaired) electrons. The molecule has 3 atom stereocenters. The lowest BCUT2D eigenvalue weighted by atomic mass is 10.1. The predicted molar refractivity (Wildman–Crippen MR) is 72.5 cm³/mol. The van der Waals surface area contributed by atoms with Crippen molar-refractivity contribution in [3.63, 3.8) is 0 Å². The fourth-order valence-corrected chi connectivity index (χ4v) is 2.08. The molecule has 21 heavy (non-hydrogen) atoms. The molecular formula is C15H18O6. The summed E-state index contributed by atoms with van der Waals surface area (Å²) in [5, 5.41) is 9.58. The van der Waals surface area contributed by atoms with Crippen LogP contribution in [-0.2, 0) is 19.0 Å². The molecular weight excluding hydrogens is 276 g/mol. The summed E-state index contributed by atoms with van der Waals surface area (Å²) < 4.78 is 15.2. The van der Waals surface area contributed by atoms with Crippen molar-refractivity contribution in [2.24, 2.45) is 0 Å². The highest BCUT2D eigenvalue weighted by Crippen LogP contribution is 2.22. The van der Waals surface area contributed by atoms with E-state index in [1.807, 2.05) is 19.1 Å². The molecule has 0 bridgehead atoms. The van der Waals surface area contributed by atoms with Crippen LogP contribution in [0.5, 0.6) is 0 Å². The smallest absolute Gasteiger partial charge is 0.338 e. The third-order valence-corrected chi connectivity index (χ3v) is 3.15. The summed E-state index contributed by atoms with van der Waals surface area (Å²) in [6.45, 7) is 3.19. The predicted octanol–water partition coefficient (Wildman–Crippen LogP) is 1.19. The van der Waals surface area contributed by atoms with Gasteiger partial charge in [-0.1, -0.05) is 17.7 Å². The lowest BCUT2D eigenvalue weighted by Crippen LogP contribution is -2.25. The average Bonchev–Trinajstić information content (AvgIpc) is 2.77. The molecule has 6 heteroatoms. The van der Waals surface area contributed by atoms with Crippen molar-refractivity contribution in [1.29, 1.82) is 0 Å². The first-order chi connectivity index (χ1) is 9.95. The topological polar surface area (TPSA) is 82.1 Å². The third-order valence-electron chi connectivity index (χ3n) is 3.15. The minimum Gasteiger partial charge on any atom is -0.459 e. The minimum absolute atomic E-state index is 0.00152. The number of rotatable bonds is 4. The van der Waals surface area contributed by atoms with Gasteiger partial charge in [0.2, 0.25) is 0 Å². The molecule has 0 saturated carbocycles. The Morgan fingerprint density at radius 3 is 2.62 bits per heavy atom. The van der Waals surface area contributed by atoms with Crippen LogP contribution in [0.15, 0.2) is 24.3 Å². The van der Waals surface area contributed by atoms with Gasteiger partial charge in [-0.2, -0.15) is 0 Å². The van der Waals surface area contributed by atoms with Gasteiger partial charge in [0, 0.05) is 13.3 Å². The Kier molecular flexibility index (Phi) is 4.93. The van der Waals surface area contributed by atoms with Gasteiger partial charge in [-0.3, -0.25) is 4.79 Å². The van der Waals surface area contributed by atoms with Crippen LogP contribution in [0.3, 0.4) is 0 Å². The van der Waals surface area contributed by atoms with Crippen LogP contribution in [0.25, 0.3) is 0 Å². The van der Waals surface area contributed by atoms with Crippen molar-refractivity contribution in [3.8, 4) is 0 Å². The monoisotopic (exact) mass is 294 g/mol. The van der Waals surface area contributed by atoms with Crippen molar-refractivity contribution in [3.05, 3.63) is 35.4 Å². The number of benzene rings is 1. The summed E-state index contributed by atoms with van der Waals surface area (Å²) in [6, 6.07) is 7.01. The van der Waals surface area contributed by atoms with E-state index in [2.05, 4.69) is 0 Å². The lowest BCUT2D eigenvalue weighted by molar-refractivity contribution is -0.168. The lowest BCUT2D eigenvalue weighted by Gasteiger charge is -2.11. The van der Waals surface area contributed by atoms with Crippen LogP contribution in [0, 0.1) is 6.92 Å². The number of hydrogen-bond donors (Lipinski definition) is 1. The third kappa shape index (κ3) is 4.27. The normalized spacial score (nSPS) is 24.6. The second-order valence-corrected chi connectivity index (χ2v) is 5.00. The van der Waals surface area contributed by atoms with Gasteiger partial charge in [-0.15, -0.1) is 0 Å². The Morgan fingerprint density at radius 1 is 1.33 bits per heavy atom. The van der Waals surface area contributed by atoms with E-state index in [0.29, 0.717) is 12.0 Å². The number of carbonyl (C=O) groups excluding carboxylic acids is 2. The molecule has 2 unspecified atom stereocenters. The molecule has 0 aromatic heterocycles. The van der Waals surface area contributed by atoms with E-state index < -0.39 is 30.4 Å². The molecule has 0 amide bonds. The molecule has 1 heterocycles. The van der Waals surface area contributed by atoms with Crippen LogP contribution in [0.1, 0.15) is 29.3 Å². The van der Waals surface area contributed by atoms with E-state index in [1.54, 1.807) is 12.1 Å². The van der Waals surface area contributed by atoms with E-state index in [9.17, 15) is 14.7 Å². The summed E-state index contributed by atoms with van der Waals surface area (Å²) in [6.07, 6.45) is -2.09. The van der Waals surface area contributed by atoms with Crippen LogP contribution in [-0.4, -0.2) is 42.1 Å². The zero-order valence-electron chi connectivity index (χ0n) is 11.9. The molecule has 1 aromatic rings. The molecule has 1 aliphatic rings. The summed E-state index contributed by atoms with van der Waals surface area (Å²) in [7, 11) is 0. The molecule has 114 valence electrons. The summed E-state index contributed by atoms with van der Waals surface area (Å²) in [4.78, 5) is 22.7. The van der Waals surface area contributed by atoms with Gasteiger partial charge >= 0.3 is 11.9 Å². The Labute approximate surface area is 122 Å². The second-order valence-electron chi connectivity index (χ2n) is 5.00. The highest BCUT2D eigenvalue weighted by molar-refractivity contribution is 5.89. The fraction of sp³-hybridized carbons (Fsp3) is 0.467. The first-order valence-corrected chi connectivity index (χ1v) is 6.70. The highest BCUT2D eigenvalue weighted by atomic mass is 16.7. The van der Waals surface area contributed by atoms with Gasteiger partial charge in [0.15, 0.2) is 12.4 Å². The van der Waals surface area contributed by atoms with Gasteiger partial charge in [0.1, 0.15) is 6.61 Å². The molecule has 0 aliphatic carbocycles. The summed E-state index contributed by atoms with van der Waals surface area (Å²) in [5.41, 5.74) is 1.51. The number of aliphatic hydroxyl groups excluding tert-OH is 1. The number of ether oxygens (including phenoxy) is 3. The van der Waals surface area contributed by atoms with E-state index in [0.717, 1.165) is 5.56 Å². The second kappa shape index (κ2) is 6.69. The first-order valence-electron chi connectivity index (χ1n) is 6.70. The highest BCUT2D eigenvalue weighted by Gasteiger charge is 2.36. The van der Waals surface area contributed by atoms with Gasteiger partial charge < -0.3 is 19.3 Å². The van der Waals surface area contributed by atoms with Gasteiger partial charge in [-0.25, -0.2) is 4.79 Å². The Morgan fingerprint density at radius 2 is 2.00 bits per heavy atom. The number of carbonyl (C=O) groups is 2. The summed E-state index contributed by atoms with van der Waals surface area (Å²) >= 11 is 0. The van der Waals surface area contributed by atoms with Crippen LogP contribution >= 0.6 is 0 Å². The van der Waals surface area contributed by atoms with Crippen LogP contribution in [0.2, 0.25) is 0 Å². The van der Waals surface area contributed by atoms with Crippen molar-refractivity contribution >= 4 is 11.9 Å². The number of hydrogen-bond acceptors (Lipinski definition) is 6. The molecule has 1 N–H and O–H groups in total. The van der Waals surface area contributed by atoms with Crippen molar-refractivity contribution in [2.45, 2.75) is 38.8 Å². The Bertz CT molecular complexity index is 509. The van der Waals surface area contributed by atoms with E-state index >= 15 is 0 Å². The largest absolute Gasteiger partial charge is 0.459 e. The maximum Gasteiger partial charge on any atom is 0.338 e. The average molecular weight is 294 g/mol. The summed E-state index contributed by atoms with van der Waals surface area (Å²) in [5.74, 6) is -0.941. The molecule has 1 aliphatic heterocycles. The maximum atomic E-state index is 11.8. The Balaban J connectivity index is 1.82. The first kappa shape index (κ1) is 15.5. The zero-order chi connectivity index (χ0) is 15.4. The maximum absolute atomic E-state index is 11.8. The standard InChI is InChI=1S/C15H18O6/c1-9-3-5-11(6-4-9)14(17)19-8-12-7-13(15(18)21-12)20-10(2)16/h3-6,12-13,15,18H,7-8H2,1-2H3/t12-,13?,15?/m0/s1. The number of aliphatic hydroxyl groups is 1. The SMILES string of the molecule is CC(=O)OC1C[C@@H](COC(=O)c2ccc(C)cc2)OC1O. The fourth-order valence-electron chi connectivity index (χ4n) is 2.08. The molecule has 2 rings (SSSR count). The van der Waals surface area contributed by atoms with Crippen LogP contribution in [0.4, 0.5) is 0 Å². The number of esters is 2. The van der Waals surface area contributed by atoms with Crippen molar-refractivity contribution < 1.29 is 28.9 Å². The Hall–Kier alpha value is -1.92. The molecule has 6 nitrogen and oxygen atoms in total. The van der Waals surface area contributed by atoms with E-state index in [1.165, 1.54) is 6.92 Å². The zero-order valence-corrected chi connectivity index (χ0v) is 11.9. The van der Waals surface area contributed by atoms with Gasteiger partial charge in [0.05, 0.1) is 11.7 Å². The molecule has 1 fully saturated rings. The van der Waals surface area contributed by atoms with E-state index in [4.69, 9.17) is 14.2 Å². The number of aryl methyl sites for hydroxylation is 1. The van der Waals surface area contributed by atoms with Crippen LogP contribution < -0.4 is 0 Å². The molecule has 1 saturated heterocycles. The van der Waals surface area contributed by atoms with Gasteiger partial charge in [-0.05, 0) is 19.1 Å².